The molecule has 0 amide bonds. The summed E-state index contributed by atoms with van der Waals surface area (Å²) in [5, 5.41) is 0. The van der Waals surface area contributed by atoms with Gasteiger partial charge in [0.05, 0.1) is 29.2 Å². The molecule has 1 aromatic carbocycles. The van der Waals surface area contributed by atoms with Gasteiger partial charge in [0.1, 0.15) is 10.1 Å². The van der Waals surface area contributed by atoms with Crippen molar-refractivity contribution < 1.29 is 61.6 Å². The van der Waals surface area contributed by atoms with E-state index in [0.29, 0.717) is 12.8 Å². The van der Waals surface area contributed by atoms with Gasteiger partial charge in [-0.15, -0.1) is 0 Å². The largest absolute Gasteiger partial charge is 1.00 e. The van der Waals surface area contributed by atoms with Gasteiger partial charge in [0, 0.05) is 0 Å². The summed E-state index contributed by atoms with van der Waals surface area (Å²) >= 11 is 0. The van der Waals surface area contributed by atoms with Crippen molar-refractivity contribution in [2.45, 2.75) is 31.6 Å². The predicted molar refractivity (Wildman–Crippen MR) is 75.6 cm³/mol. The Kier molecular flexibility index (Phi) is 9.64. The molecule has 0 aromatic heterocycles. The first-order valence-electron chi connectivity index (χ1n) is 6.76. The fourth-order valence-corrected chi connectivity index (χ4v) is 2.51. The van der Waals surface area contributed by atoms with E-state index in [1.54, 1.807) is 13.8 Å². The molecule has 0 saturated carbocycles. The van der Waals surface area contributed by atoms with E-state index in [1.165, 1.54) is 6.07 Å². The van der Waals surface area contributed by atoms with Crippen LogP contribution in [0.1, 0.15) is 47.4 Å². The molecule has 9 heteroatoms. The third-order valence-electron chi connectivity index (χ3n) is 2.58. The first-order valence-corrected chi connectivity index (χ1v) is 8.16. The molecule has 0 saturated heterocycles. The zero-order valence-electron chi connectivity index (χ0n) is 13.3. The van der Waals surface area contributed by atoms with Crippen LogP contribution in [0.3, 0.4) is 0 Å². The van der Waals surface area contributed by atoms with Crippen molar-refractivity contribution in [3.63, 3.8) is 0 Å². The van der Waals surface area contributed by atoms with E-state index in [-0.39, 0.29) is 42.8 Å². The van der Waals surface area contributed by atoms with Gasteiger partial charge in [-0.25, -0.2) is 18.0 Å². The number of benzene rings is 1. The quantitative estimate of drug-likeness (QED) is 0.342. The summed E-state index contributed by atoms with van der Waals surface area (Å²) in [6.45, 7) is 3.66. The molecule has 0 spiro atoms. The Labute approximate surface area is 157 Å². The standard InChI is InChI=1S/C14H18O7S.Na/c1-3-8-20-13(15)10-6-5-7-11(12(10)22(17,18)19)14(16)21-9-4-2;/h5-7H,3-4,8-9H2,1-2H3,(H,17,18,19);/q;+1/p-1. The van der Waals surface area contributed by atoms with Crippen LogP contribution in [0.5, 0.6) is 0 Å². The van der Waals surface area contributed by atoms with E-state index in [2.05, 4.69) is 0 Å². The van der Waals surface area contributed by atoms with E-state index < -0.39 is 38.1 Å². The molecule has 1 rings (SSSR count). The van der Waals surface area contributed by atoms with Crippen LogP contribution in [0, 0.1) is 0 Å². The van der Waals surface area contributed by atoms with Gasteiger partial charge in [-0.3, -0.25) is 0 Å². The van der Waals surface area contributed by atoms with E-state index in [9.17, 15) is 22.6 Å². The molecule has 0 aliphatic rings. The van der Waals surface area contributed by atoms with Crippen molar-refractivity contribution in [3.05, 3.63) is 29.3 Å². The van der Waals surface area contributed by atoms with Crippen LogP contribution >= 0.6 is 0 Å². The average molecular weight is 352 g/mol. The van der Waals surface area contributed by atoms with Crippen LogP contribution in [0.25, 0.3) is 0 Å². The van der Waals surface area contributed by atoms with Crippen molar-refractivity contribution in [1.29, 1.82) is 0 Å². The van der Waals surface area contributed by atoms with Crippen molar-refractivity contribution in [2.24, 2.45) is 0 Å². The molecule has 0 aliphatic carbocycles. The third-order valence-corrected chi connectivity index (χ3v) is 3.52. The Morgan fingerprint density at radius 2 is 1.39 bits per heavy atom. The van der Waals surface area contributed by atoms with Crippen molar-refractivity contribution in [3.8, 4) is 0 Å². The van der Waals surface area contributed by atoms with Gasteiger partial charge in [-0.05, 0) is 25.0 Å². The summed E-state index contributed by atoms with van der Waals surface area (Å²) < 4.78 is 44.0. The van der Waals surface area contributed by atoms with Crippen LogP contribution in [-0.2, 0) is 19.6 Å². The topological polar surface area (TPSA) is 110 Å². The second kappa shape index (κ2) is 10.0. The molecule has 7 nitrogen and oxygen atoms in total. The Morgan fingerprint density at radius 1 is 1.00 bits per heavy atom. The maximum atomic E-state index is 11.9. The maximum absolute atomic E-state index is 11.9. The van der Waals surface area contributed by atoms with Gasteiger partial charge in [-0.1, -0.05) is 19.9 Å². The van der Waals surface area contributed by atoms with Gasteiger partial charge in [0.2, 0.25) is 0 Å². The maximum Gasteiger partial charge on any atom is 1.00 e. The summed E-state index contributed by atoms with van der Waals surface area (Å²) in [4.78, 5) is 22.9. The average Bonchev–Trinajstić information content (AvgIpc) is 2.48. The number of hydrogen-bond donors (Lipinski definition) is 0. The second-order valence-corrected chi connectivity index (χ2v) is 5.72. The van der Waals surface area contributed by atoms with Crippen LogP contribution in [0.2, 0.25) is 0 Å². The Bertz CT molecular complexity index is 617. The number of esters is 2. The zero-order valence-corrected chi connectivity index (χ0v) is 16.1. The minimum Gasteiger partial charge on any atom is -0.744 e. The molecular weight excluding hydrogens is 335 g/mol. The molecule has 0 fully saturated rings. The fraction of sp³-hybridized carbons (Fsp3) is 0.429. The summed E-state index contributed by atoms with van der Waals surface area (Å²) in [6, 6.07) is 3.54. The Balaban J connectivity index is 0.00000484. The summed E-state index contributed by atoms with van der Waals surface area (Å²) in [5.41, 5.74) is -0.927. The number of hydrogen-bond acceptors (Lipinski definition) is 7. The third kappa shape index (κ3) is 6.23. The first-order chi connectivity index (χ1) is 10.3. The van der Waals surface area contributed by atoms with Crippen LogP contribution in [0.15, 0.2) is 23.1 Å². The minimum absolute atomic E-state index is 0. The number of ether oxygens (including phenoxy) is 2. The molecule has 122 valence electrons. The summed E-state index contributed by atoms with van der Waals surface area (Å²) in [7, 11) is -5.06. The molecule has 0 heterocycles. The van der Waals surface area contributed by atoms with Crippen molar-refractivity contribution in [1.82, 2.24) is 0 Å². The Morgan fingerprint density at radius 3 is 1.70 bits per heavy atom. The molecule has 0 unspecified atom stereocenters. The monoisotopic (exact) mass is 352 g/mol. The van der Waals surface area contributed by atoms with Crippen LogP contribution in [-0.4, -0.2) is 38.1 Å². The Hall–Kier alpha value is -0.930. The van der Waals surface area contributed by atoms with Crippen LogP contribution in [0.4, 0.5) is 0 Å². The minimum atomic E-state index is -5.06. The van der Waals surface area contributed by atoms with E-state index >= 15 is 0 Å². The van der Waals surface area contributed by atoms with E-state index in [1.807, 2.05) is 0 Å². The number of carbonyl (C=O) groups is 2. The molecule has 1 aromatic rings. The van der Waals surface area contributed by atoms with Crippen molar-refractivity contribution >= 4 is 22.1 Å². The molecule has 23 heavy (non-hydrogen) atoms. The smallest absolute Gasteiger partial charge is 0.744 e. The normalized spacial score (nSPS) is 10.6. The zero-order chi connectivity index (χ0) is 16.8. The molecule has 0 bridgehead atoms. The summed E-state index contributed by atoms with van der Waals surface area (Å²) in [5.74, 6) is -1.94. The predicted octanol–water partition coefficient (Wildman–Crippen LogP) is -1.27. The van der Waals surface area contributed by atoms with Crippen LogP contribution < -0.4 is 29.6 Å². The van der Waals surface area contributed by atoms with Gasteiger partial charge in [0.15, 0.2) is 0 Å². The fourth-order valence-electron chi connectivity index (χ4n) is 1.67. The molecule has 0 radical (unpaired) electrons. The molecule has 0 aliphatic heterocycles. The van der Waals surface area contributed by atoms with E-state index in [0.717, 1.165) is 12.1 Å². The molecule has 0 N–H and O–H groups in total. The molecular formula is C14H17NaO7S. The number of carbonyl (C=O) groups excluding carboxylic acids is 2. The summed E-state index contributed by atoms with van der Waals surface area (Å²) in [6.07, 6.45) is 1.06. The molecule has 0 atom stereocenters. The SMILES string of the molecule is CCCOC(=O)c1cccc(C(=O)OCCC)c1S(=O)(=O)[O-].[Na+]. The van der Waals surface area contributed by atoms with E-state index in [4.69, 9.17) is 9.47 Å². The second-order valence-electron chi connectivity index (χ2n) is 4.41. The van der Waals surface area contributed by atoms with Gasteiger partial charge < -0.3 is 14.0 Å². The van der Waals surface area contributed by atoms with Gasteiger partial charge in [0.25, 0.3) is 0 Å². The van der Waals surface area contributed by atoms with Gasteiger partial charge in [-0.2, -0.15) is 0 Å². The van der Waals surface area contributed by atoms with Crippen molar-refractivity contribution in [2.75, 3.05) is 13.2 Å². The number of rotatable bonds is 7. The first kappa shape index (κ1) is 22.1. The van der Waals surface area contributed by atoms with Gasteiger partial charge >= 0.3 is 41.5 Å².